The molecule has 0 radical (unpaired) electrons. The fourth-order valence-electron chi connectivity index (χ4n) is 5.85. The van der Waals surface area contributed by atoms with Crippen molar-refractivity contribution in [3.8, 4) is 0 Å². The molecule has 8 nitrogen and oxygen atoms in total. The van der Waals surface area contributed by atoms with Crippen molar-refractivity contribution in [1.29, 1.82) is 0 Å². The second kappa shape index (κ2) is 14.6. The number of carbonyl (C=O) groups excluding carboxylic acids is 2. The molecule has 0 saturated heterocycles. The van der Waals surface area contributed by atoms with Gasteiger partial charge in [0.1, 0.15) is 0 Å². The van der Waals surface area contributed by atoms with Gasteiger partial charge in [-0.1, -0.05) is 83.9 Å². The lowest BCUT2D eigenvalue weighted by Gasteiger charge is -2.31. The van der Waals surface area contributed by atoms with Crippen LogP contribution < -0.4 is 21.2 Å². The summed E-state index contributed by atoms with van der Waals surface area (Å²) in [6.45, 7) is 7.72. The molecule has 0 fully saturated rings. The Morgan fingerprint density at radius 1 is 0.531 bits per heavy atom. The van der Waals surface area contributed by atoms with E-state index < -0.39 is 17.9 Å². The summed E-state index contributed by atoms with van der Waals surface area (Å²) < 4.78 is 0. The molecule has 1 aliphatic heterocycles. The molecule has 0 unspecified atom stereocenters. The van der Waals surface area contributed by atoms with E-state index in [9.17, 15) is 9.59 Å². The number of anilines is 5. The Hall–Kier alpha value is -6.28. The van der Waals surface area contributed by atoms with E-state index >= 15 is 0 Å². The van der Waals surface area contributed by atoms with E-state index in [4.69, 9.17) is 9.68 Å². The average Bonchev–Trinajstić information content (AvgIpc) is 3.12. The molecule has 0 atom stereocenters. The number of hydrogen-bond acceptors (Lipinski definition) is 8. The van der Waals surface area contributed by atoms with Gasteiger partial charge < -0.3 is 19.9 Å². The summed E-state index contributed by atoms with van der Waals surface area (Å²) in [5, 5.41) is 3.21. The monoisotopic (exact) mass is 650 g/mol. The van der Waals surface area contributed by atoms with E-state index in [-0.39, 0.29) is 11.1 Å². The van der Waals surface area contributed by atoms with Crippen molar-refractivity contribution in [3.63, 3.8) is 0 Å². The van der Waals surface area contributed by atoms with Crippen molar-refractivity contribution in [3.05, 3.63) is 173 Å². The molecule has 1 heterocycles. The molecule has 3 N–H and O–H groups in total. The third-order valence-electron chi connectivity index (χ3n) is 8.34. The summed E-state index contributed by atoms with van der Waals surface area (Å²) in [4.78, 5) is 41.0. The van der Waals surface area contributed by atoms with E-state index in [1.807, 2.05) is 60.7 Å². The predicted molar refractivity (Wildman–Crippen MR) is 194 cm³/mol. The van der Waals surface area contributed by atoms with E-state index in [0.29, 0.717) is 22.8 Å². The van der Waals surface area contributed by atoms with Crippen LogP contribution in [0.1, 0.15) is 36.5 Å². The number of aryl methyl sites for hydroxylation is 2. The van der Waals surface area contributed by atoms with Crippen LogP contribution >= 0.6 is 0 Å². The fraction of sp³-hybridized carbons (Fsp3) is 0.122. The van der Waals surface area contributed by atoms with Crippen molar-refractivity contribution >= 4 is 40.4 Å². The highest BCUT2D eigenvalue weighted by Crippen LogP contribution is 2.41. The van der Waals surface area contributed by atoms with Crippen LogP contribution in [0.4, 0.5) is 28.4 Å². The summed E-state index contributed by atoms with van der Waals surface area (Å²) in [6.07, 6.45) is 0. The van der Waals surface area contributed by atoms with E-state index in [1.165, 1.54) is 11.1 Å². The Morgan fingerprint density at radius 2 is 0.898 bits per heavy atom. The zero-order chi connectivity index (χ0) is 34.3. The first-order chi connectivity index (χ1) is 23.8. The highest BCUT2D eigenvalue weighted by atomic mass is 16.7. The second-order valence-corrected chi connectivity index (χ2v) is 11.9. The molecule has 0 amide bonds. The van der Waals surface area contributed by atoms with Crippen LogP contribution in [-0.4, -0.2) is 11.9 Å². The zero-order valence-electron chi connectivity index (χ0n) is 27.9. The van der Waals surface area contributed by atoms with Gasteiger partial charge in [0, 0.05) is 28.5 Å². The number of dihydropyridines is 1. The Kier molecular flexibility index (Phi) is 9.76. The Morgan fingerprint density at radius 3 is 1.29 bits per heavy atom. The Labute approximate surface area is 286 Å². The number of rotatable bonds is 10. The maximum absolute atomic E-state index is 13.8. The topological polar surface area (TPSA) is 91.9 Å². The van der Waals surface area contributed by atoms with Crippen LogP contribution in [0.15, 0.2) is 156 Å². The molecule has 5 aromatic carbocycles. The van der Waals surface area contributed by atoms with Crippen molar-refractivity contribution in [1.82, 2.24) is 5.32 Å². The first kappa shape index (κ1) is 32.7. The minimum absolute atomic E-state index is 0.280. The minimum Gasteiger partial charge on any atom is -0.362 e. The van der Waals surface area contributed by atoms with E-state index in [1.54, 1.807) is 38.1 Å². The van der Waals surface area contributed by atoms with Gasteiger partial charge in [-0.2, -0.15) is 0 Å². The summed E-state index contributed by atoms with van der Waals surface area (Å²) >= 11 is 0. The lowest BCUT2D eigenvalue weighted by atomic mass is 9.80. The average molecular weight is 651 g/mol. The Bertz CT molecular complexity index is 1860. The molecule has 0 spiro atoms. The second-order valence-electron chi connectivity index (χ2n) is 11.9. The third-order valence-corrected chi connectivity index (χ3v) is 8.34. The number of allylic oxidation sites excluding steroid dienone is 2. The van der Waals surface area contributed by atoms with Gasteiger partial charge in [-0.3, -0.25) is 0 Å². The van der Waals surface area contributed by atoms with Crippen LogP contribution in [0.5, 0.6) is 0 Å². The van der Waals surface area contributed by atoms with Gasteiger partial charge in [-0.15, -0.1) is 0 Å². The van der Waals surface area contributed by atoms with Crippen LogP contribution in [0, 0.1) is 13.8 Å². The van der Waals surface area contributed by atoms with Crippen LogP contribution in [-0.2, 0) is 19.3 Å². The zero-order valence-corrected chi connectivity index (χ0v) is 27.9. The number of carbonyl (C=O) groups is 2. The molecular weight excluding hydrogens is 612 g/mol. The van der Waals surface area contributed by atoms with Gasteiger partial charge in [-0.25, -0.2) is 20.5 Å². The van der Waals surface area contributed by atoms with E-state index in [2.05, 4.69) is 83.6 Å². The molecule has 8 heteroatoms. The van der Waals surface area contributed by atoms with Gasteiger partial charge in [0.2, 0.25) is 0 Å². The molecular formula is C41H38N4O4. The third kappa shape index (κ3) is 7.49. The van der Waals surface area contributed by atoms with Crippen LogP contribution in [0.25, 0.3) is 0 Å². The fourth-order valence-corrected chi connectivity index (χ4v) is 5.85. The maximum Gasteiger partial charge on any atom is 0.361 e. The quantitative estimate of drug-likeness (QED) is 0.129. The molecule has 5 aromatic rings. The number of benzene rings is 5. The predicted octanol–water partition coefficient (Wildman–Crippen LogP) is 9.15. The molecule has 1 aliphatic rings. The summed E-state index contributed by atoms with van der Waals surface area (Å²) in [7, 11) is 0. The first-order valence-corrected chi connectivity index (χ1v) is 16.0. The minimum atomic E-state index is -0.794. The van der Waals surface area contributed by atoms with E-state index in [0.717, 1.165) is 22.6 Å². The highest BCUT2D eigenvalue weighted by molar-refractivity contribution is 6.00. The summed E-state index contributed by atoms with van der Waals surface area (Å²) in [5.41, 5.74) is 14.4. The molecule has 49 heavy (non-hydrogen) atoms. The molecule has 246 valence electrons. The van der Waals surface area contributed by atoms with Crippen LogP contribution in [0.3, 0.4) is 0 Å². The summed E-state index contributed by atoms with van der Waals surface area (Å²) in [5.74, 6) is -2.05. The standard InChI is InChI=1S/C41H38N4O4/c1-27-15-21-34(22-16-27)45(35-23-17-28(2)18-24-35)36-25-19-31(20-26-36)39-37(40(46)48-43-32-11-7-5-8-12-32)29(3)42-30(4)38(39)41(47)49-44-33-13-9-6-10-14-33/h5-26,39,42-44H,1-4H3. The van der Waals surface area contributed by atoms with Crippen molar-refractivity contribution in [2.45, 2.75) is 33.6 Å². The summed E-state index contributed by atoms with van der Waals surface area (Å²) in [6, 6.07) is 42.9. The largest absolute Gasteiger partial charge is 0.362 e. The van der Waals surface area contributed by atoms with Crippen molar-refractivity contribution < 1.29 is 19.3 Å². The molecule has 0 saturated carbocycles. The SMILES string of the molecule is CC1=C(C(=O)ONc2ccccc2)C(c2ccc(N(c3ccc(C)cc3)c3ccc(C)cc3)cc2)C(C(=O)ONc2ccccc2)=C(C)N1. The molecule has 0 aromatic heterocycles. The maximum atomic E-state index is 13.8. The molecule has 0 bridgehead atoms. The van der Waals surface area contributed by atoms with Gasteiger partial charge in [0.25, 0.3) is 0 Å². The van der Waals surface area contributed by atoms with Gasteiger partial charge >= 0.3 is 11.9 Å². The normalized spacial score (nSPS) is 13.0. The lowest BCUT2D eigenvalue weighted by molar-refractivity contribution is -0.137. The number of hydrogen-bond donors (Lipinski definition) is 3. The molecule has 6 rings (SSSR count). The first-order valence-electron chi connectivity index (χ1n) is 16.0. The number of nitrogens with zero attached hydrogens (tertiary/aromatic N) is 1. The number of nitrogens with one attached hydrogen (secondary N) is 3. The van der Waals surface area contributed by atoms with Crippen molar-refractivity contribution in [2.75, 3.05) is 15.9 Å². The van der Waals surface area contributed by atoms with Gasteiger partial charge in [0.15, 0.2) is 0 Å². The smallest absolute Gasteiger partial charge is 0.361 e. The van der Waals surface area contributed by atoms with Gasteiger partial charge in [0.05, 0.1) is 28.4 Å². The highest BCUT2D eigenvalue weighted by Gasteiger charge is 2.38. The lowest BCUT2D eigenvalue weighted by Crippen LogP contribution is -2.33. The Balaban J connectivity index is 1.38. The number of para-hydroxylation sites is 2. The van der Waals surface area contributed by atoms with Crippen LogP contribution in [0.2, 0.25) is 0 Å². The molecule has 0 aliphatic carbocycles. The van der Waals surface area contributed by atoms with Gasteiger partial charge in [-0.05, 0) is 93.9 Å². The van der Waals surface area contributed by atoms with Crippen molar-refractivity contribution in [2.24, 2.45) is 0 Å².